The van der Waals surface area contributed by atoms with Crippen molar-refractivity contribution in [3.8, 4) is 0 Å². The monoisotopic (exact) mass is 339 g/mol. The summed E-state index contributed by atoms with van der Waals surface area (Å²) in [5, 5.41) is 1.97. The van der Waals surface area contributed by atoms with Crippen molar-refractivity contribution < 1.29 is 4.79 Å². The third-order valence-electron chi connectivity index (χ3n) is 4.45. The molecular formula is C21H22ClNO. The van der Waals surface area contributed by atoms with Crippen molar-refractivity contribution in [2.24, 2.45) is 7.05 Å². The highest BCUT2D eigenvalue weighted by Crippen LogP contribution is 2.36. The molecule has 124 valence electrons. The molecule has 3 rings (SSSR count). The van der Waals surface area contributed by atoms with E-state index >= 15 is 0 Å². The predicted octanol–water partition coefficient (Wildman–Crippen LogP) is 5.53. The van der Waals surface area contributed by atoms with E-state index in [1.807, 2.05) is 30.3 Å². The number of carbonyl (C=O) groups excluding carboxylic acids is 1. The fourth-order valence-corrected chi connectivity index (χ4v) is 3.77. The molecule has 0 amide bonds. The van der Waals surface area contributed by atoms with Crippen molar-refractivity contribution in [2.45, 2.75) is 32.6 Å². The quantitative estimate of drug-likeness (QED) is 0.575. The van der Waals surface area contributed by atoms with Gasteiger partial charge in [-0.3, -0.25) is 4.79 Å². The van der Waals surface area contributed by atoms with Crippen LogP contribution in [0.15, 0.2) is 42.5 Å². The van der Waals surface area contributed by atoms with Crippen LogP contribution in [0.1, 0.15) is 48.0 Å². The second-order valence-corrected chi connectivity index (χ2v) is 7.77. The Morgan fingerprint density at radius 3 is 2.54 bits per heavy atom. The molecule has 0 aliphatic carbocycles. The molecule has 2 aromatic carbocycles. The van der Waals surface area contributed by atoms with Gasteiger partial charge in [-0.2, -0.15) is 0 Å². The highest BCUT2D eigenvalue weighted by molar-refractivity contribution is 6.31. The standard InChI is InChI=1S/C21H22ClNO/c1-21(2,3)20-18(11-14-6-5-7-15(10-14)13-24)17-9-8-16(22)12-19(17)23(20)4/h5-10,12-13H,11H2,1-4H3. The fourth-order valence-electron chi connectivity index (χ4n) is 3.60. The lowest BCUT2D eigenvalue weighted by molar-refractivity contribution is 0.112. The van der Waals surface area contributed by atoms with Crippen LogP contribution in [-0.2, 0) is 18.9 Å². The molecule has 0 spiro atoms. The highest BCUT2D eigenvalue weighted by atomic mass is 35.5. The largest absolute Gasteiger partial charge is 0.347 e. The Kier molecular flexibility index (Phi) is 4.27. The minimum absolute atomic E-state index is 0.0118. The van der Waals surface area contributed by atoms with Crippen LogP contribution in [0, 0.1) is 0 Å². The van der Waals surface area contributed by atoms with Crippen LogP contribution in [0.4, 0.5) is 0 Å². The van der Waals surface area contributed by atoms with E-state index in [0.29, 0.717) is 5.56 Å². The molecule has 3 heteroatoms. The molecule has 3 aromatic rings. The zero-order chi connectivity index (χ0) is 17.5. The molecule has 0 saturated heterocycles. The number of nitrogens with zero attached hydrogens (tertiary/aromatic N) is 1. The smallest absolute Gasteiger partial charge is 0.150 e. The number of benzene rings is 2. The summed E-state index contributed by atoms with van der Waals surface area (Å²) in [5.74, 6) is 0. The molecule has 0 bridgehead atoms. The zero-order valence-corrected chi connectivity index (χ0v) is 15.3. The molecule has 0 aliphatic rings. The summed E-state index contributed by atoms with van der Waals surface area (Å²) >= 11 is 6.21. The molecule has 24 heavy (non-hydrogen) atoms. The number of aryl methyl sites for hydroxylation is 1. The van der Waals surface area contributed by atoms with Crippen LogP contribution in [0.2, 0.25) is 5.02 Å². The van der Waals surface area contributed by atoms with Crippen molar-refractivity contribution in [3.63, 3.8) is 0 Å². The number of fused-ring (bicyclic) bond motifs is 1. The first-order valence-corrected chi connectivity index (χ1v) is 8.50. The Hall–Kier alpha value is -2.06. The molecule has 0 radical (unpaired) electrons. The third-order valence-corrected chi connectivity index (χ3v) is 4.68. The van der Waals surface area contributed by atoms with Gasteiger partial charge in [-0.25, -0.2) is 0 Å². The summed E-state index contributed by atoms with van der Waals surface area (Å²) in [6.45, 7) is 6.69. The minimum Gasteiger partial charge on any atom is -0.347 e. The maximum Gasteiger partial charge on any atom is 0.150 e. The molecule has 1 aromatic heterocycles. The van der Waals surface area contributed by atoms with Crippen molar-refractivity contribution in [1.29, 1.82) is 0 Å². The molecule has 0 fully saturated rings. The number of hydrogen-bond acceptors (Lipinski definition) is 1. The molecular weight excluding hydrogens is 318 g/mol. The van der Waals surface area contributed by atoms with E-state index in [1.54, 1.807) is 0 Å². The van der Waals surface area contributed by atoms with Gasteiger partial charge in [-0.15, -0.1) is 0 Å². The Labute approximate surface area is 148 Å². The van der Waals surface area contributed by atoms with Crippen molar-refractivity contribution in [2.75, 3.05) is 0 Å². The third kappa shape index (κ3) is 2.99. The van der Waals surface area contributed by atoms with E-state index in [2.05, 4.69) is 44.5 Å². The average Bonchev–Trinajstić information content (AvgIpc) is 2.79. The van der Waals surface area contributed by atoms with Crippen LogP contribution in [0.3, 0.4) is 0 Å². The summed E-state index contributed by atoms with van der Waals surface area (Å²) in [4.78, 5) is 11.1. The van der Waals surface area contributed by atoms with Gasteiger partial charge in [0.25, 0.3) is 0 Å². The van der Waals surface area contributed by atoms with Gasteiger partial charge in [0.1, 0.15) is 6.29 Å². The van der Waals surface area contributed by atoms with Crippen LogP contribution in [-0.4, -0.2) is 10.9 Å². The van der Waals surface area contributed by atoms with E-state index in [0.717, 1.165) is 28.8 Å². The molecule has 0 unspecified atom stereocenters. The lowest BCUT2D eigenvalue weighted by atomic mass is 9.86. The second-order valence-electron chi connectivity index (χ2n) is 7.34. The Morgan fingerprint density at radius 2 is 1.88 bits per heavy atom. The van der Waals surface area contributed by atoms with E-state index in [-0.39, 0.29) is 5.41 Å². The predicted molar refractivity (Wildman–Crippen MR) is 101 cm³/mol. The fraction of sp³-hybridized carbons (Fsp3) is 0.286. The van der Waals surface area contributed by atoms with Crippen LogP contribution < -0.4 is 0 Å². The summed E-state index contributed by atoms with van der Waals surface area (Å²) in [6, 6.07) is 13.9. The number of rotatable bonds is 3. The van der Waals surface area contributed by atoms with Gasteiger partial charge in [-0.1, -0.05) is 56.6 Å². The first-order chi connectivity index (χ1) is 11.3. The maximum absolute atomic E-state index is 11.1. The lowest BCUT2D eigenvalue weighted by Gasteiger charge is -2.22. The Bertz CT molecular complexity index is 915. The Morgan fingerprint density at radius 1 is 1.12 bits per heavy atom. The second kappa shape index (κ2) is 6.10. The Balaban J connectivity index is 2.23. The summed E-state index contributed by atoms with van der Waals surface area (Å²) in [7, 11) is 2.10. The number of aromatic nitrogens is 1. The molecule has 0 atom stereocenters. The normalized spacial score (nSPS) is 11.9. The molecule has 0 N–H and O–H groups in total. The summed E-state index contributed by atoms with van der Waals surface area (Å²) in [5.41, 5.74) is 5.63. The van der Waals surface area contributed by atoms with Gasteiger partial charge in [0.05, 0.1) is 0 Å². The number of aldehydes is 1. The van der Waals surface area contributed by atoms with E-state index < -0.39 is 0 Å². The van der Waals surface area contributed by atoms with Crippen LogP contribution in [0.25, 0.3) is 10.9 Å². The molecule has 2 nitrogen and oxygen atoms in total. The zero-order valence-electron chi connectivity index (χ0n) is 14.6. The summed E-state index contributed by atoms with van der Waals surface area (Å²) in [6.07, 6.45) is 1.70. The van der Waals surface area contributed by atoms with Gasteiger partial charge in [0.2, 0.25) is 0 Å². The van der Waals surface area contributed by atoms with Gasteiger partial charge in [0, 0.05) is 39.6 Å². The topological polar surface area (TPSA) is 22.0 Å². The molecule has 0 aliphatic heterocycles. The van der Waals surface area contributed by atoms with Gasteiger partial charge in [-0.05, 0) is 35.7 Å². The average molecular weight is 340 g/mol. The van der Waals surface area contributed by atoms with Crippen LogP contribution in [0.5, 0.6) is 0 Å². The number of halogens is 1. The minimum atomic E-state index is 0.0118. The SMILES string of the molecule is Cn1c(C(C)(C)C)c(Cc2cccc(C=O)c2)c2ccc(Cl)cc21. The molecule has 1 heterocycles. The first-order valence-electron chi connectivity index (χ1n) is 8.12. The first kappa shape index (κ1) is 16.8. The number of hydrogen-bond donors (Lipinski definition) is 0. The van der Waals surface area contributed by atoms with Gasteiger partial charge >= 0.3 is 0 Å². The van der Waals surface area contributed by atoms with E-state index in [4.69, 9.17) is 11.6 Å². The molecule has 0 saturated carbocycles. The van der Waals surface area contributed by atoms with Gasteiger partial charge < -0.3 is 4.57 Å². The van der Waals surface area contributed by atoms with Crippen molar-refractivity contribution >= 4 is 28.8 Å². The lowest BCUT2D eigenvalue weighted by Crippen LogP contribution is -2.18. The van der Waals surface area contributed by atoms with E-state index in [1.165, 1.54) is 16.6 Å². The highest BCUT2D eigenvalue weighted by Gasteiger charge is 2.25. The van der Waals surface area contributed by atoms with Crippen LogP contribution >= 0.6 is 11.6 Å². The van der Waals surface area contributed by atoms with Crippen molar-refractivity contribution in [3.05, 3.63) is 69.9 Å². The maximum atomic E-state index is 11.1. The van der Waals surface area contributed by atoms with Gasteiger partial charge in [0.15, 0.2) is 0 Å². The summed E-state index contributed by atoms with van der Waals surface area (Å²) < 4.78 is 2.25. The van der Waals surface area contributed by atoms with E-state index in [9.17, 15) is 4.79 Å². The van der Waals surface area contributed by atoms with Crippen molar-refractivity contribution in [1.82, 2.24) is 4.57 Å². The number of carbonyl (C=O) groups is 1.